The van der Waals surface area contributed by atoms with E-state index in [4.69, 9.17) is 16.3 Å². The molecular formula is C33H40ClN7O6S. The number of halogens is 1. The van der Waals surface area contributed by atoms with Crippen LogP contribution in [0, 0.1) is 22.7 Å². The number of carbonyl (C=O) groups excluding carboxylic acids is 1. The number of sulfonamides is 1. The molecule has 0 bridgehead atoms. The molecule has 1 unspecified atom stereocenters. The number of rotatable bonds is 13. The van der Waals surface area contributed by atoms with E-state index in [-0.39, 0.29) is 21.2 Å². The molecule has 3 N–H and O–H groups in total. The molecule has 3 saturated carbocycles. The Labute approximate surface area is 284 Å². The first-order chi connectivity index (χ1) is 22.8. The van der Waals surface area contributed by atoms with Crippen LogP contribution in [0.3, 0.4) is 0 Å². The number of hydrogen-bond acceptors (Lipinski definition) is 9. The highest BCUT2D eigenvalue weighted by atomic mass is 35.5. The highest BCUT2D eigenvalue weighted by molar-refractivity contribution is 7.90. The molecule has 2 amide bonds. The Hall–Kier alpha value is -3.91. The minimum absolute atomic E-state index is 0.103. The zero-order chi connectivity index (χ0) is 33.9. The Balaban J connectivity index is 0.871. The first-order valence-electron chi connectivity index (χ1n) is 16.5. The molecule has 256 valence electrons. The van der Waals surface area contributed by atoms with Gasteiger partial charge in [0.15, 0.2) is 5.82 Å². The lowest BCUT2D eigenvalue weighted by atomic mass is 9.93. The Bertz CT molecular complexity index is 1820. The molecule has 1 aliphatic heterocycles. The molecule has 3 aliphatic carbocycles. The van der Waals surface area contributed by atoms with Crippen molar-refractivity contribution in [1.82, 2.24) is 29.4 Å². The molecule has 1 atom stereocenters. The van der Waals surface area contributed by atoms with Crippen molar-refractivity contribution >= 4 is 39.4 Å². The standard InChI is InChI=1S/C33H40ClN7O6S/c1-31(2)17-21(19-40(31)30(43)44)5-3-4-15-35-25-8-6-22(18-36-25)48(45,46)39-29(42)23-7-9-26(37-28(23)34)41-16-10-27(38-41)47-20-24-32(11-12-32)33(24)13-14-33/h6-10,16,18,21,24H,3-5,11-15,17,19-20H2,1-2H3,(H,35,36)(H,39,42)(H,43,44). The normalized spacial score (nSPS) is 21.3. The topological polar surface area (TPSA) is 169 Å². The van der Waals surface area contributed by atoms with E-state index >= 15 is 0 Å². The van der Waals surface area contributed by atoms with Crippen LogP contribution in [0.1, 0.15) is 75.6 Å². The van der Waals surface area contributed by atoms with Crippen molar-refractivity contribution in [2.24, 2.45) is 22.7 Å². The first-order valence-corrected chi connectivity index (χ1v) is 18.3. The Morgan fingerprint density at radius 2 is 1.83 bits per heavy atom. The monoisotopic (exact) mass is 697 g/mol. The largest absolute Gasteiger partial charge is 0.476 e. The van der Waals surface area contributed by atoms with E-state index in [1.807, 2.05) is 18.6 Å². The number of likely N-dealkylation sites (tertiary alicyclic amines) is 1. The highest BCUT2D eigenvalue weighted by Crippen LogP contribution is 2.92. The summed E-state index contributed by atoms with van der Waals surface area (Å²) < 4.78 is 35.4. The molecule has 48 heavy (non-hydrogen) atoms. The summed E-state index contributed by atoms with van der Waals surface area (Å²) in [6.07, 6.45) is 10.8. The maximum Gasteiger partial charge on any atom is 0.407 e. The van der Waals surface area contributed by atoms with E-state index in [0.717, 1.165) is 25.7 Å². The number of aromatic nitrogens is 4. The van der Waals surface area contributed by atoms with Gasteiger partial charge in [0.05, 0.1) is 12.2 Å². The van der Waals surface area contributed by atoms with Gasteiger partial charge in [0.25, 0.3) is 15.9 Å². The van der Waals surface area contributed by atoms with Crippen LogP contribution in [0.2, 0.25) is 5.15 Å². The summed E-state index contributed by atoms with van der Waals surface area (Å²) in [6.45, 7) is 5.78. The zero-order valence-corrected chi connectivity index (χ0v) is 28.6. The molecule has 3 aromatic rings. The van der Waals surface area contributed by atoms with Crippen LogP contribution in [0.25, 0.3) is 5.82 Å². The third-order valence-corrected chi connectivity index (χ3v) is 12.5. The molecule has 1 saturated heterocycles. The predicted octanol–water partition coefficient (Wildman–Crippen LogP) is 5.36. The average Bonchev–Trinajstić information content (AvgIpc) is 3.99. The van der Waals surface area contributed by atoms with Crippen LogP contribution >= 0.6 is 11.6 Å². The second kappa shape index (κ2) is 11.9. The van der Waals surface area contributed by atoms with Gasteiger partial charge in [0.1, 0.15) is 15.9 Å². The van der Waals surface area contributed by atoms with E-state index in [9.17, 15) is 23.1 Å². The predicted molar refractivity (Wildman–Crippen MR) is 177 cm³/mol. The average molecular weight is 698 g/mol. The number of pyridine rings is 2. The van der Waals surface area contributed by atoms with Crippen molar-refractivity contribution < 1.29 is 27.9 Å². The van der Waals surface area contributed by atoms with Crippen LogP contribution in [-0.4, -0.2) is 75.4 Å². The minimum atomic E-state index is -4.23. The van der Waals surface area contributed by atoms with Crippen molar-refractivity contribution in [3.8, 4) is 11.7 Å². The van der Waals surface area contributed by atoms with Gasteiger partial charge in [-0.25, -0.2) is 32.6 Å². The van der Waals surface area contributed by atoms with Crippen molar-refractivity contribution in [2.45, 2.75) is 75.6 Å². The van der Waals surface area contributed by atoms with Crippen LogP contribution in [-0.2, 0) is 10.0 Å². The van der Waals surface area contributed by atoms with Crippen LogP contribution in [0.4, 0.5) is 10.6 Å². The molecule has 7 rings (SSSR count). The highest BCUT2D eigenvalue weighted by Gasteiger charge is 2.86. The second-order valence-corrected chi connectivity index (χ2v) is 16.3. The van der Waals surface area contributed by atoms with Gasteiger partial charge in [0, 0.05) is 43.0 Å². The molecule has 0 radical (unpaired) electrons. The number of hydrogen-bond donors (Lipinski definition) is 3. The SMILES string of the molecule is CC1(C)CC(CCCCNc2ccc(S(=O)(=O)NC(=O)c3ccc(-n4ccc(OCC5C6(CC6)C56CC6)n4)nc3Cl)cn2)CN1C(=O)O. The summed E-state index contributed by atoms with van der Waals surface area (Å²) >= 11 is 6.32. The lowest BCUT2D eigenvalue weighted by molar-refractivity contribution is 0.0980. The summed E-state index contributed by atoms with van der Waals surface area (Å²) in [7, 11) is -4.23. The van der Waals surface area contributed by atoms with Gasteiger partial charge in [-0.1, -0.05) is 18.0 Å². The van der Waals surface area contributed by atoms with Crippen molar-refractivity contribution in [2.75, 3.05) is 25.0 Å². The van der Waals surface area contributed by atoms with E-state index in [1.165, 1.54) is 65.7 Å². The number of carboxylic acid groups (broad SMARTS) is 1. The van der Waals surface area contributed by atoms with Gasteiger partial charge >= 0.3 is 6.09 Å². The molecule has 2 spiro atoms. The van der Waals surface area contributed by atoms with Gasteiger partial charge in [-0.3, -0.25) is 4.79 Å². The Morgan fingerprint density at radius 1 is 1.08 bits per heavy atom. The van der Waals surface area contributed by atoms with Gasteiger partial charge in [0.2, 0.25) is 5.88 Å². The fourth-order valence-corrected chi connectivity index (χ4v) is 9.24. The quantitative estimate of drug-likeness (QED) is 0.156. The fourth-order valence-electron chi connectivity index (χ4n) is 8.09. The van der Waals surface area contributed by atoms with Gasteiger partial charge in [-0.2, -0.15) is 0 Å². The summed E-state index contributed by atoms with van der Waals surface area (Å²) in [5, 5.41) is 16.9. The van der Waals surface area contributed by atoms with Crippen molar-refractivity contribution in [1.29, 1.82) is 0 Å². The number of carbonyl (C=O) groups is 2. The van der Waals surface area contributed by atoms with Gasteiger partial charge in [-0.15, -0.1) is 5.10 Å². The van der Waals surface area contributed by atoms with Crippen molar-refractivity contribution in [3.63, 3.8) is 0 Å². The number of nitrogens with zero attached hydrogens (tertiary/aromatic N) is 5. The molecule has 13 nitrogen and oxygen atoms in total. The fraction of sp³-hybridized carbons (Fsp3) is 0.545. The molecule has 4 heterocycles. The number of unbranched alkanes of at least 4 members (excludes halogenated alkanes) is 1. The van der Waals surface area contributed by atoms with Crippen LogP contribution < -0.4 is 14.8 Å². The summed E-state index contributed by atoms with van der Waals surface area (Å²) in [4.78, 5) is 34.2. The van der Waals surface area contributed by atoms with E-state index in [1.54, 1.807) is 12.3 Å². The summed E-state index contributed by atoms with van der Waals surface area (Å²) in [6, 6.07) is 7.59. The lowest BCUT2D eigenvalue weighted by Gasteiger charge is -2.28. The van der Waals surface area contributed by atoms with Crippen molar-refractivity contribution in [3.05, 3.63) is 53.4 Å². The molecule has 4 aliphatic rings. The second-order valence-electron chi connectivity index (χ2n) is 14.3. The lowest BCUT2D eigenvalue weighted by Crippen LogP contribution is -2.41. The number of ether oxygens (including phenoxy) is 1. The summed E-state index contributed by atoms with van der Waals surface area (Å²) in [5.41, 5.74) is 0.658. The van der Waals surface area contributed by atoms with E-state index < -0.39 is 22.0 Å². The number of amides is 2. The molecule has 15 heteroatoms. The molecule has 3 aromatic heterocycles. The van der Waals surface area contributed by atoms with E-state index in [0.29, 0.717) is 59.9 Å². The van der Waals surface area contributed by atoms with Gasteiger partial charge in [-0.05, 0) is 99.8 Å². The molecular weight excluding hydrogens is 658 g/mol. The molecule has 4 fully saturated rings. The maximum absolute atomic E-state index is 12.9. The van der Waals surface area contributed by atoms with Crippen LogP contribution in [0.15, 0.2) is 47.6 Å². The van der Waals surface area contributed by atoms with Crippen LogP contribution in [0.5, 0.6) is 5.88 Å². The minimum Gasteiger partial charge on any atom is -0.476 e. The number of fused-ring (bicyclic) bond motifs is 1. The zero-order valence-electron chi connectivity index (χ0n) is 27.0. The van der Waals surface area contributed by atoms with Gasteiger partial charge < -0.3 is 20.1 Å². The summed E-state index contributed by atoms with van der Waals surface area (Å²) in [5.74, 6) is 1.40. The van der Waals surface area contributed by atoms with E-state index in [2.05, 4.69) is 20.4 Å². The third kappa shape index (κ3) is 6.08. The third-order valence-electron chi connectivity index (χ3n) is 10.9. The number of nitrogens with one attached hydrogen (secondary N) is 2. The number of anilines is 1. The maximum atomic E-state index is 12.9. The first kappa shape index (κ1) is 32.6. The molecule has 0 aromatic carbocycles. The Kier molecular flexibility index (Phi) is 8.09. The smallest absolute Gasteiger partial charge is 0.407 e. The Morgan fingerprint density at radius 3 is 2.46 bits per heavy atom.